The predicted molar refractivity (Wildman–Crippen MR) is 142 cm³/mol. The molecule has 0 aliphatic carbocycles. The van der Waals surface area contributed by atoms with E-state index < -0.39 is 5.82 Å². The first-order chi connectivity index (χ1) is 17.9. The maximum absolute atomic E-state index is 13.6. The molecule has 3 aromatic rings. The highest BCUT2D eigenvalue weighted by atomic mass is 35.5. The quantitative estimate of drug-likeness (QED) is 0.411. The molecule has 2 saturated heterocycles. The van der Waals surface area contributed by atoms with Crippen LogP contribution in [0.1, 0.15) is 19.3 Å². The SMILES string of the molecule is COc1cc2ncnc(Nc3ccc(F)c(Cl)c3)c2cc1NC(=O)/C=C/CN1CCCC2(CCOC2)C1. The number of carbonyl (C=O) groups excluding carboxylic acids is 1. The van der Waals surface area contributed by atoms with Crippen molar-refractivity contribution in [2.24, 2.45) is 5.41 Å². The van der Waals surface area contributed by atoms with E-state index >= 15 is 0 Å². The van der Waals surface area contributed by atoms with Gasteiger partial charge in [-0.25, -0.2) is 14.4 Å². The number of anilines is 3. The number of rotatable bonds is 7. The number of benzene rings is 2. The monoisotopic (exact) mass is 525 g/mol. The average Bonchev–Trinajstić information content (AvgIpc) is 3.33. The molecule has 1 unspecified atom stereocenters. The van der Waals surface area contributed by atoms with Crippen molar-refractivity contribution in [1.82, 2.24) is 14.9 Å². The van der Waals surface area contributed by atoms with E-state index in [9.17, 15) is 9.18 Å². The molecule has 5 rings (SSSR count). The molecule has 1 amide bonds. The van der Waals surface area contributed by atoms with Gasteiger partial charge in [0.15, 0.2) is 0 Å². The highest BCUT2D eigenvalue weighted by molar-refractivity contribution is 6.31. The molecule has 2 aliphatic rings. The van der Waals surface area contributed by atoms with Crippen LogP contribution in [0.25, 0.3) is 10.9 Å². The van der Waals surface area contributed by atoms with E-state index in [2.05, 4.69) is 25.5 Å². The normalized spacial score (nSPS) is 20.1. The second-order valence-electron chi connectivity index (χ2n) is 9.58. The van der Waals surface area contributed by atoms with Gasteiger partial charge in [-0.05, 0) is 50.1 Å². The van der Waals surface area contributed by atoms with E-state index in [1.165, 1.54) is 32.0 Å². The Morgan fingerprint density at radius 2 is 2.19 bits per heavy atom. The maximum Gasteiger partial charge on any atom is 0.248 e. The van der Waals surface area contributed by atoms with Crippen LogP contribution < -0.4 is 15.4 Å². The average molecular weight is 526 g/mol. The van der Waals surface area contributed by atoms with Crippen LogP contribution in [0.3, 0.4) is 0 Å². The Kier molecular flexibility index (Phi) is 7.55. The van der Waals surface area contributed by atoms with Crippen LogP contribution in [-0.2, 0) is 9.53 Å². The summed E-state index contributed by atoms with van der Waals surface area (Å²) in [6, 6.07) is 7.81. The molecule has 2 N–H and O–H groups in total. The zero-order valence-electron chi connectivity index (χ0n) is 20.6. The number of aromatic nitrogens is 2. The molecule has 3 heterocycles. The number of methoxy groups -OCH3 is 1. The van der Waals surface area contributed by atoms with Crippen LogP contribution >= 0.6 is 11.6 Å². The van der Waals surface area contributed by atoms with Crippen LogP contribution in [0.15, 0.2) is 48.8 Å². The fraction of sp³-hybridized carbons (Fsp3) is 0.370. The highest BCUT2D eigenvalue weighted by Crippen LogP contribution is 2.37. The summed E-state index contributed by atoms with van der Waals surface area (Å²) in [5.41, 5.74) is 1.95. The molecular formula is C27H29ClFN5O3. The van der Waals surface area contributed by atoms with Gasteiger partial charge in [0.05, 0.1) is 29.9 Å². The standard InChI is InChI=1S/C27H29ClFN5O3/c1-36-24-14-22-19(26(31-17-30-22)32-18-5-6-21(29)20(28)12-18)13-23(24)33-25(35)4-2-9-34-10-3-7-27(15-34)8-11-37-16-27/h2,4-6,12-14,17H,3,7-11,15-16H2,1H3,(H,33,35)(H,30,31,32)/b4-2+. The first-order valence-electron chi connectivity index (χ1n) is 12.3. The summed E-state index contributed by atoms with van der Waals surface area (Å²) in [5, 5.41) is 6.70. The van der Waals surface area contributed by atoms with Gasteiger partial charge < -0.3 is 20.1 Å². The number of hydrogen-bond donors (Lipinski definition) is 2. The van der Waals surface area contributed by atoms with Crippen LogP contribution in [-0.4, -0.2) is 60.7 Å². The number of nitrogens with zero attached hydrogens (tertiary/aromatic N) is 3. The summed E-state index contributed by atoms with van der Waals surface area (Å²) in [6.07, 6.45) is 8.34. The molecule has 0 radical (unpaired) electrons. The summed E-state index contributed by atoms with van der Waals surface area (Å²) in [4.78, 5) is 23.8. The fourth-order valence-corrected chi connectivity index (χ4v) is 5.26. The lowest BCUT2D eigenvalue weighted by molar-refractivity contribution is -0.111. The van der Waals surface area contributed by atoms with Gasteiger partial charge in [-0.1, -0.05) is 17.7 Å². The Labute approximate surface area is 219 Å². The smallest absolute Gasteiger partial charge is 0.248 e. The molecule has 10 heteroatoms. The summed E-state index contributed by atoms with van der Waals surface area (Å²) in [7, 11) is 1.53. The third-order valence-electron chi connectivity index (χ3n) is 6.96. The second-order valence-corrected chi connectivity index (χ2v) is 9.99. The molecule has 194 valence electrons. The molecule has 37 heavy (non-hydrogen) atoms. The lowest BCUT2D eigenvalue weighted by Crippen LogP contribution is -2.43. The van der Waals surface area contributed by atoms with E-state index in [0.29, 0.717) is 40.4 Å². The second kappa shape index (κ2) is 11.0. The van der Waals surface area contributed by atoms with Gasteiger partial charge in [0.2, 0.25) is 5.91 Å². The zero-order valence-corrected chi connectivity index (χ0v) is 21.4. The number of piperidine rings is 1. The van der Waals surface area contributed by atoms with Crippen LogP contribution in [0.5, 0.6) is 5.75 Å². The Morgan fingerprint density at radius 1 is 1.30 bits per heavy atom. The van der Waals surface area contributed by atoms with Gasteiger partial charge in [0.25, 0.3) is 0 Å². The highest BCUT2D eigenvalue weighted by Gasteiger charge is 2.38. The lowest BCUT2D eigenvalue weighted by atomic mass is 9.79. The minimum absolute atomic E-state index is 0.000989. The Morgan fingerprint density at radius 3 is 2.97 bits per heavy atom. The van der Waals surface area contributed by atoms with Gasteiger partial charge in [0, 0.05) is 48.3 Å². The van der Waals surface area contributed by atoms with Crippen molar-refractivity contribution in [3.63, 3.8) is 0 Å². The van der Waals surface area contributed by atoms with E-state index in [1.54, 1.807) is 24.3 Å². The van der Waals surface area contributed by atoms with Gasteiger partial charge in [-0.15, -0.1) is 0 Å². The van der Waals surface area contributed by atoms with Crippen LogP contribution in [0, 0.1) is 11.2 Å². The van der Waals surface area contributed by atoms with Crippen LogP contribution in [0.4, 0.5) is 21.6 Å². The number of hydrogen-bond acceptors (Lipinski definition) is 7. The van der Waals surface area contributed by atoms with Gasteiger partial charge in [-0.3, -0.25) is 9.69 Å². The van der Waals surface area contributed by atoms with Crippen molar-refractivity contribution in [2.45, 2.75) is 19.3 Å². The molecule has 2 aliphatic heterocycles. The maximum atomic E-state index is 13.6. The topological polar surface area (TPSA) is 88.6 Å². The van der Waals surface area contributed by atoms with E-state index in [1.807, 2.05) is 6.08 Å². The Bertz CT molecular complexity index is 1330. The van der Waals surface area contributed by atoms with E-state index in [-0.39, 0.29) is 16.3 Å². The molecule has 0 bridgehead atoms. The van der Waals surface area contributed by atoms with Gasteiger partial charge in [0.1, 0.15) is 23.7 Å². The van der Waals surface area contributed by atoms with Crippen molar-refractivity contribution in [2.75, 3.05) is 50.6 Å². The predicted octanol–water partition coefficient (Wildman–Crippen LogP) is 5.17. The summed E-state index contributed by atoms with van der Waals surface area (Å²) < 4.78 is 24.7. The summed E-state index contributed by atoms with van der Waals surface area (Å²) in [5.74, 6) is 0.194. The van der Waals surface area contributed by atoms with Crippen molar-refractivity contribution in [3.05, 3.63) is 59.7 Å². The zero-order chi connectivity index (χ0) is 25.8. The van der Waals surface area contributed by atoms with Crippen molar-refractivity contribution in [3.8, 4) is 5.75 Å². The molecule has 1 atom stereocenters. The van der Waals surface area contributed by atoms with Crippen molar-refractivity contribution >= 4 is 45.6 Å². The molecular weight excluding hydrogens is 497 g/mol. The van der Waals surface area contributed by atoms with Gasteiger partial charge in [-0.2, -0.15) is 0 Å². The third kappa shape index (κ3) is 5.84. The minimum Gasteiger partial charge on any atom is -0.494 e. The Balaban J connectivity index is 1.30. The Hall–Kier alpha value is -3.27. The number of ether oxygens (including phenoxy) is 2. The lowest BCUT2D eigenvalue weighted by Gasteiger charge is -2.39. The number of fused-ring (bicyclic) bond motifs is 1. The molecule has 0 saturated carbocycles. The first-order valence-corrected chi connectivity index (χ1v) is 12.6. The first kappa shape index (κ1) is 25.4. The minimum atomic E-state index is -0.505. The largest absolute Gasteiger partial charge is 0.494 e. The van der Waals surface area contributed by atoms with E-state index in [0.717, 1.165) is 39.1 Å². The summed E-state index contributed by atoms with van der Waals surface area (Å²) >= 11 is 5.92. The summed E-state index contributed by atoms with van der Waals surface area (Å²) in [6.45, 7) is 4.43. The molecule has 1 aromatic heterocycles. The number of halogens is 2. The number of likely N-dealkylation sites (tertiary alicyclic amines) is 1. The van der Waals surface area contributed by atoms with E-state index in [4.69, 9.17) is 21.1 Å². The van der Waals surface area contributed by atoms with Crippen molar-refractivity contribution in [1.29, 1.82) is 0 Å². The number of nitrogens with one attached hydrogen (secondary N) is 2. The molecule has 8 nitrogen and oxygen atoms in total. The molecule has 2 fully saturated rings. The fourth-order valence-electron chi connectivity index (χ4n) is 5.08. The number of amides is 1. The number of carbonyl (C=O) groups is 1. The molecule has 1 spiro atoms. The van der Waals surface area contributed by atoms with Crippen LogP contribution in [0.2, 0.25) is 5.02 Å². The third-order valence-corrected chi connectivity index (χ3v) is 7.24. The van der Waals surface area contributed by atoms with Gasteiger partial charge >= 0.3 is 0 Å². The van der Waals surface area contributed by atoms with Crippen molar-refractivity contribution < 1.29 is 18.7 Å². The molecule has 2 aromatic carbocycles.